The third kappa shape index (κ3) is 1.60. The number of carbonyl (C=O) groups excluding carboxylic acids is 2. The summed E-state index contributed by atoms with van der Waals surface area (Å²) in [6.07, 6.45) is 0. The van der Waals surface area contributed by atoms with Gasteiger partial charge in [0.25, 0.3) is 11.1 Å². The lowest BCUT2D eigenvalue weighted by Crippen LogP contribution is -2.34. The van der Waals surface area contributed by atoms with Gasteiger partial charge in [0.1, 0.15) is 5.37 Å². The van der Waals surface area contributed by atoms with E-state index in [0.29, 0.717) is 5.69 Å². The highest BCUT2D eigenvalue weighted by Crippen LogP contribution is 2.34. The summed E-state index contributed by atoms with van der Waals surface area (Å²) in [6, 6.07) is 13.2. The predicted molar refractivity (Wildman–Crippen MR) is 72.4 cm³/mol. The van der Waals surface area contributed by atoms with Crippen molar-refractivity contribution in [3.05, 3.63) is 42.5 Å². The fourth-order valence-electron chi connectivity index (χ4n) is 2.05. The number of rotatable bonds is 1. The van der Waals surface area contributed by atoms with Crippen LogP contribution in [0.2, 0.25) is 0 Å². The first-order valence-corrected chi connectivity index (χ1v) is 6.34. The molecule has 0 bridgehead atoms. The van der Waals surface area contributed by atoms with Crippen LogP contribution in [0, 0.1) is 0 Å². The number of fused-ring (bicyclic) bond motifs is 1. The van der Waals surface area contributed by atoms with Crippen molar-refractivity contribution in [1.29, 1.82) is 0 Å². The van der Waals surface area contributed by atoms with Crippen molar-refractivity contribution < 1.29 is 9.59 Å². The number of amides is 2. The first-order chi connectivity index (χ1) is 8.68. The van der Waals surface area contributed by atoms with Gasteiger partial charge in [-0.25, -0.2) is 4.90 Å². The normalized spacial score (nSPS) is 19.8. The van der Waals surface area contributed by atoms with Crippen LogP contribution in [0.3, 0.4) is 0 Å². The molecule has 0 radical (unpaired) electrons. The van der Waals surface area contributed by atoms with E-state index in [-0.39, 0.29) is 11.1 Å². The molecule has 0 saturated carbocycles. The van der Waals surface area contributed by atoms with Crippen LogP contribution in [0.15, 0.2) is 42.5 Å². The molecule has 0 aromatic heterocycles. The van der Waals surface area contributed by atoms with Crippen molar-refractivity contribution in [1.82, 2.24) is 0 Å². The van der Waals surface area contributed by atoms with E-state index in [1.165, 1.54) is 0 Å². The first-order valence-electron chi connectivity index (χ1n) is 5.46. The second-order valence-corrected chi connectivity index (χ2v) is 5.07. The van der Waals surface area contributed by atoms with Gasteiger partial charge in [-0.3, -0.25) is 9.59 Å². The highest BCUT2D eigenvalue weighted by atomic mass is 32.2. The number of benzene rings is 2. The molecule has 1 heterocycles. The topological polar surface area (TPSA) is 63.4 Å². The maximum Gasteiger partial charge on any atom is 0.295 e. The summed E-state index contributed by atoms with van der Waals surface area (Å²) in [7, 11) is 0. The van der Waals surface area contributed by atoms with Crippen LogP contribution < -0.4 is 10.6 Å². The van der Waals surface area contributed by atoms with Gasteiger partial charge in [0, 0.05) is 5.39 Å². The minimum Gasteiger partial charge on any atom is -0.311 e. The Kier molecular flexibility index (Phi) is 2.57. The van der Waals surface area contributed by atoms with Gasteiger partial charge in [-0.2, -0.15) is 0 Å². The molecule has 1 unspecified atom stereocenters. The van der Waals surface area contributed by atoms with Crippen LogP contribution in [0.1, 0.15) is 0 Å². The lowest BCUT2D eigenvalue weighted by molar-refractivity contribution is -0.116. The second-order valence-electron chi connectivity index (χ2n) is 3.98. The third-order valence-electron chi connectivity index (χ3n) is 2.88. The Bertz CT molecular complexity index is 651. The third-order valence-corrected chi connectivity index (χ3v) is 3.72. The Labute approximate surface area is 108 Å². The number of carbonyl (C=O) groups is 2. The Morgan fingerprint density at radius 3 is 2.50 bits per heavy atom. The predicted octanol–water partition coefficient (Wildman–Crippen LogP) is 2.32. The largest absolute Gasteiger partial charge is 0.311 e. The van der Waals surface area contributed by atoms with E-state index < -0.39 is 5.37 Å². The number of nitrogens with two attached hydrogens (primary N) is 1. The molecule has 2 aromatic carbocycles. The van der Waals surface area contributed by atoms with Gasteiger partial charge >= 0.3 is 0 Å². The fourth-order valence-corrected chi connectivity index (χ4v) is 2.77. The van der Waals surface area contributed by atoms with Gasteiger partial charge in [0.15, 0.2) is 0 Å². The summed E-state index contributed by atoms with van der Waals surface area (Å²) >= 11 is 0.855. The Balaban J connectivity index is 2.21. The van der Waals surface area contributed by atoms with E-state index in [9.17, 15) is 9.59 Å². The van der Waals surface area contributed by atoms with Crippen molar-refractivity contribution in [3.63, 3.8) is 0 Å². The average Bonchev–Trinajstić information content (AvgIpc) is 2.63. The Morgan fingerprint density at radius 2 is 1.78 bits per heavy atom. The molecule has 2 amide bonds. The summed E-state index contributed by atoms with van der Waals surface area (Å²) < 4.78 is 0. The van der Waals surface area contributed by atoms with E-state index >= 15 is 0 Å². The van der Waals surface area contributed by atoms with Crippen LogP contribution in [0.5, 0.6) is 0 Å². The Hall–Kier alpha value is -1.85. The van der Waals surface area contributed by atoms with Crippen molar-refractivity contribution in [2.45, 2.75) is 5.37 Å². The summed E-state index contributed by atoms with van der Waals surface area (Å²) in [5.41, 5.74) is 6.19. The van der Waals surface area contributed by atoms with Crippen LogP contribution in [-0.2, 0) is 4.79 Å². The molecule has 3 rings (SSSR count). The SMILES string of the molecule is NC1SC(=O)N(c2cccc3ccccc23)C1=O. The molecule has 1 saturated heterocycles. The lowest BCUT2D eigenvalue weighted by Gasteiger charge is -2.15. The quantitative estimate of drug-likeness (QED) is 0.852. The summed E-state index contributed by atoms with van der Waals surface area (Å²) in [5, 5.41) is 0.748. The van der Waals surface area contributed by atoms with E-state index in [1.807, 2.05) is 36.4 Å². The van der Waals surface area contributed by atoms with E-state index in [4.69, 9.17) is 5.73 Å². The minimum absolute atomic E-state index is 0.316. The first kappa shape index (κ1) is 11.3. The second kappa shape index (κ2) is 4.12. The molecule has 0 spiro atoms. The standard InChI is InChI=1S/C13H10N2O2S/c14-11-12(16)15(13(17)18-11)10-7-3-5-8-4-1-2-6-9(8)10/h1-7,11H,14H2. The zero-order valence-corrected chi connectivity index (χ0v) is 10.2. The number of hydrogen-bond acceptors (Lipinski definition) is 4. The van der Waals surface area contributed by atoms with Crippen LogP contribution in [0.25, 0.3) is 10.8 Å². The molecule has 90 valence electrons. The number of nitrogens with zero attached hydrogens (tertiary/aromatic N) is 1. The van der Waals surface area contributed by atoms with E-state index in [0.717, 1.165) is 27.4 Å². The maximum absolute atomic E-state index is 11.9. The molecule has 1 atom stereocenters. The molecule has 1 aliphatic heterocycles. The van der Waals surface area contributed by atoms with E-state index in [1.54, 1.807) is 6.07 Å². The molecular weight excluding hydrogens is 248 g/mol. The van der Waals surface area contributed by atoms with Gasteiger partial charge in [-0.15, -0.1) is 0 Å². The molecule has 0 aliphatic carbocycles. The lowest BCUT2D eigenvalue weighted by atomic mass is 10.1. The smallest absolute Gasteiger partial charge is 0.295 e. The molecular formula is C13H10N2O2S. The molecule has 2 aromatic rings. The number of anilines is 1. The monoisotopic (exact) mass is 258 g/mol. The van der Waals surface area contributed by atoms with Gasteiger partial charge in [-0.05, 0) is 23.2 Å². The van der Waals surface area contributed by atoms with Crippen molar-refractivity contribution in [2.75, 3.05) is 4.90 Å². The van der Waals surface area contributed by atoms with Crippen molar-refractivity contribution in [3.8, 4) is 0 Å². The molecule has 18 heavy (non-hydrogen) atoms. The number of hydrogen-bond donors (Lipinski definition) is 1. The van der Waals surface area contributed by atoms with Gasteiger partial charge in [0.2, 0.25) is 0 Å². The number of imide groups is 1. The average molecular weight is 258 g/mol. The number of thioether (sulfide) groups is 1. The molecule has 1 fully saturated rings. The minimum atomic E-state index is -0.795. The van der Waals surface area contributed by atoms with Crippen molar-refractivity contribution >= 4 is 39.4 Å². The van der Waals surface area contributed by atoms with Gasteiger partial charge in [0.05, 0.1) is 5.69 Å². The summed E-state index contributed by atoms with van der Waals surface area (Å²) in [4.78, 5) is 24.9. The van der Waals surface area contributed by atoms with E-state index in [2.05, 4.69) is 0 Å². The van der Waals surface area contributed by atoms with Crippen LogP contribution in [0.4, 0.5) is 10.5 Å². The van der Waals surface area contributed by atoms with Gasteiger partial charge in [-0.1, -0.05) is 36.4 Å². The van der Waals surface area contributed by atoms with Crippen molar-refractivity contribution in [2.24, 2.45) is 5.73 Å². The molecule has 1 aliphatic rings. The van der Waals surface area contributed by atoms with Crippen LogP contribution >= 0.6 is 11.8 Å². The van der Waals surface area contributed by atoms with Gasteiger partial charge < -0.3 is 5.73 Å². The summed E-state index contributed by atoms with van der Waals surface area (Å²) in [5.74, 6) is -0.360. The maximum atomic E-state index is 11.9. The zero-order valence-electron chi connectivity index (χ0n) is 9.37. The summed E-state index contributed by atoms with van der Waals surface area (Å²) in [6.45, 7) is 0. The Morgan fingerprint density at radius 1 is 1.06 bits per heavy atom. The molecule has 5 heteroatoms. The van der Waals surface area contributed by atoms with Crippen LogP contribution in [-0.4, -0.2) is 16.5 Å². The zero-order chi connectivity index (χ0) is 12.7. The molecule has 2 N–H and O–H groups in total. The highest BCUT2D eigenvalue weighted by Gasteiger charge is 2.38. The fraction of sp³-hybridized carbons (Fsp3) is 0.0769. The highest BCUT2D eigenvalue weighted by molar-refractivity contribution is 8.15. The molecule has 4 nitrogen and oxygen atoms in total.